The lowest BCUT2D eigenvalue weighted by Gasteiger charge is -2.22. The van der Waals surface area contributed by atoms with E-state index in [-0.39, 0.29) is 6.03 Å². The molecule has 2 amide bonds. The van der Waals surface area contributed by atoms with E-state index in [0.717, 1.165) is 35.7 Å². The number of rotatable bonds is 6. The summed E-state index contributed by atoms with van der Waals surface area (Å²) in [6.07, 6.45) is 0.997. The van der Waals surface area contributed by atoms with Crippen molar-refractivity contribution in [1.82, 2.24) is 10.2 Å². The highest BCUT2D eigenvalue weighted by molar-refractivity contribution is 7.91. The first kappa shape index (κ1) is 20.0. The van der Waals surface area contributed by atoms with Crippen molar-refractivity contribution in [3.8, 4) is 0 Å². The summed E-state index contributed by atoms with van der Waals surface area (Å²) in [5.74, 6) is 1.58. The van der Waals surface area contributed by atoms with Crippen LogP contribution in [-0.2, 0) is 24.3 Å². The van der Waals surface area contributed by atoms with E-state index < -0.39 is 11.2 Å². The molecule has 2 atom stereocenters. The summed E-state index contributed by atoms with van der Waals surface area (Å²) in [5.41, 5.74) is 2.90. The van der Waals surface area contributed by atoms with Gasteiger partial charge in [-0.1, -0.05) is 47.0 Å². The lowest BCUT2D eigenvalue weighted by molar-refractivity contribution is 0.251. The molecular formula is C20H24ClN3O2S. The number of urea groups is 1. The summed E-state index contributed by atoms with van der Waals surface area (Å²) in [6, 6.07) is 15.3. The van der Waals surface area contributed by atoms with E-state index >= 15 is 0 Å². The van der Waals surface area contributed by atoms with Gasteiger partial charge in [0.15, 0.2) is 0 Å². The van der Waals surface area contributed by atoms with Crippen LogP contribution in [0.15, 0.2) is 48.5 Å². The van der Waals surface area contributed by atoms with Crippen LogP contribution in [0, 0.1) is 0 Å². The van der Waals surface area contributed by atoms with Crippen molar-refractivity contribution >= 4 is 34.5 Å². The molecule has 0 saturated carbocycles. The fourth-order valence-corrected chi connectivity index (χ4v) is 4.74. The normalized spacial score (nSPS) is 19.3. The van der Waals surface area contributed by atoms with Gasteiger partial charge in [-0.15, -0.1) is 0 Å². The van der Waals surface area contributed by atoms with Crippen LogP contribution in [0.5, 0.6) is 0 Å². The van der Waals surface area contributed by atoms with Crippen molar-refractivity contribution in [2.24, 2.45) is 0 Å². The SMILES string of the molecule is CN(Cc1ccc(NC(=O)NCc2ccc(Cl)cc2)cc1)C1CC[S+]([O-])C1. The minimum Gasteiger partial charge on any atom is -0.616 e. The Balaban J connectivity index is 1.45. The molecule has 5 nitrogen and oxygen atoms in total. The first-order chi connectivity index (χ1) is 13.0. The smallest absolute Gasteiger partial charge is 0.319 e. The Hall–Kier alpha value is -1.73. The van der Waals surface area contributed by atoms with E-state index in [2.05, 4.69) is 22.6 Å². The summed E-state index contributed by atoms with van der Waals surface area (Å²) in [6.45, 7) is 1.25. The molecule has 0 radical (unpaired) electrons. The van der Waals surface area contributed by atoms with E-state index in [9.17, 15) is 9.35 Å². The van der Waals surface area contributed by atoms with E-state index in [4.69, 9.17) is 11.6 Å². The molecule has 27 heavy (non-hydrogen) atoms. The molecular weight excluding hydrogens is 382 g/mol. The van der Waals surface area contributed by atoms with Gasteiger partial charge in [-0.2, -0.15) is 0 Å². The fraction of sp³-hybridized carbons (Fsp3) is 0.350. The molecule has 1 heterocycles. The fourth-order valence-electron chi connectivity index (χ4n) is 3.07. The van der Waals surface area contributed by atoms with Gasteiger partial charge < -0.3 is 15.2 Å². The predicted octanol–water partition coefficient (Wildman–Crippen LogP) is 3.61. The van der Waals surface area contributed by atoms with Crippen LogP contribution in [0.2, 0.25) is 5.02 Å². The lowest BCUT2D eigenvalue weighted by Crippen LogP contribution is -2.32. The molecule has 3 rings (SSSR count). The number of benzene rings is 2. The number of nitrogens with zero attached hydrogens (tertiary/aromatic N) is 1. The predicted molar refractivity (Wildman–Crippen MR) is 112 cm³/mol. The van der Waals surface area contributed by atoms with E-state index in [1.807, 2.05) is 36.4 Å². The van der Waals surface area contributed by atoms with Gasteiger partial charge in [0.05, 0.1) is 6.04 Å². The minimum atomic E-state index is -0.662. The Morgan fingerprint density at radius 1 is 1.19 bits per heavy atom. The second-order valence-electron chi connectivity index (χ2n) is 6.80. The first-order valence-corrected chi connectivity index (χ1v) is 10.8. The number of amides is 2. The molecule has 0 spiro atoms. The lowest BCUT2D eigenvalue weighted by atomic mass is 10.1. The number of carbonyl (C=O) groups is 1. The maximum atomic E-state index is 12.0. The zero-order chi connectivity index (χ0) is 19.2. The summed E-state index contributed by atoms with van der Waals surface area (Å²) < 4.78 is 11.5. The summed E-state index contributed by atoms with van der Waals surface area (Å²) >= 11 is 5.19. The third-order valence-corrected chi connectivity index (χ3v) is 6.39. The van der Waals surface area contributed by atoms with Crippen molar-refractivity contribution in [1.29, 1.82) is 0 Å². The van der Waals surface area contributed by atoms with Crippen LogP contribution in [0.4, 0.5) is 10.5 Å². The van der Waals surface area contributed by atoms with Crippen molar-refractivity contribution in [2.45, 2.75) is 25.6 Å². The molecule has 0 aliphatic carbocycles. The summed E-state index contributed by atoms with van der Waals surface area (Å²) in [4.78, 5) is 14.3. The molecule has 144 valence electrons. The van der Waals surface area contributed by atoms with Crippen LogP contribution < -0.4 is 10.6 Å². The monoisotopic (exact) mass is 405 g/mol. The molecule has 2 N–H and O–H groups in total. The molecule has 2 unspecified atom stereocenters. The minimum absolute atomic E-state index is 0.247. The number of halogens is 1. The Morgan fingerprint density at radius 3 is 2.48 bits per heavy atom. The molecule has 7 heteroatoms. The van der Waals surface area contributed by atoms with Crippen molar-refractivity contribution < 1.29 is 9.35 Å². The van der Waals surface area contributed by atoms with Gasteiger partial charge in [0.25, 0.3) is 0 Å². The van der Waals surface area contributed by atoms with Crippen LogP contribution in [-0.4, -0.2) is 40.1 Å². The van der Waals surface area contributed by atoms with Gasteiger partial charge in [0, 0.05) is 30.2 Å². The highest BCUT2D eigenvalue weighted by Gasteiger charge is 2.29. The largest absolute Gasteiger partial charge is 0.616 e. The van der Waals surface area contributed by atoms with Gasteiger partial charge in [-0.05, 0) is 42.4 Å². The summed E-state index contributed by atoms with van der Waals surface area (Å²) in [5, 5.41) is 6.34. The molecule has 0 aromatic heterocycles. The second-order valence-corrected chi connectivity index (χ2v) is 8.86. The number of hydrogen-bond donors (Lipinski definition) is 2. The second kappa shape index (κ2) is 9.46. The standard InChI is InChI=1S/C20H24ClN3O2S/c1-24(19-10-11-27(26)14-19)13-16-4-8-18(9-5-16)23-20(25)22-12-15-2-6-17(21)7-3-15/h2-9,19H,10-14H2,1H3,(H2,22,23,25). The maximum Gasteiger partial charge on any atom is 0.319 e. The Labute approximate surface area is 168 Å². The molecule has 1 aliphatic heterocycles. The Bertz CT molecular complexity index is 755. The van der Waals surface area contributed by atoms with E-state index in [0.29, 0.717) is 17.6 Å². The Kier molecular flexibility index (Phi) is 7.01. The number of carbonyl (C=O) groups excluding carboxylic acids is 1. The maximum absolute atomic E-state index is 12.0. The van der Waals surface area contributed by atoms with Gasteiger partial charge in [-0.3, -0.25) is 4.90 Å². The number of anilines is 1. The van der Waals surface area contributed by atoms with Crippen LogP contribution in [0.1, 0.15) is 17.5 Å². The van der Waals surface area contributed by atoms with Gasteiger partial charge in [0.1, 0.15) is 11.5 Å². The van der Waals surface area contributed by atoms with Crippen LogP contribution >= 0.6 is 11.6 Å². The molecule has 2 aromatic rings. The number of hydrogen-bond acceptors (Lipinski definition) is 3. The van der Waals surface area contributed by atoms with Gasteiger partial charge in [-0.25, -0.2) is 4.79 Å². The molecule has 1 fully saturated rings. The van der Waals surface area contributed by atoms with Crippen molar-refractivity contribution in [2.75, 3.05) is 23.9 Å². The van der Waals surface area contributed by atoms with Crippen LogP contribution in [0.3, 0.4) is 0 Å². The van der Waals surface area contributed by atoms with Gasteiger partial charge >= 0.3 is 6.03 Å². The van der Waals surface area contributed by atoms with Gasteiger partial charge in [0.2, 0.25) is 0 Å². The zero-order valence-corrected chi connectivity index (χ0v) is 16.9. The molecule has 2 aromatic carbocycles. The summed E-state index contributed by atoms with van der Waals surface area (Å²) in [7, 11) is 2.07. The zero-order valence-electron chi connectivity index (χ0n) is 15.3. The molecule has 1 saturated heterocycles. The number of nitrogens with one attached hydrogen (secondary N) is 2. The third-order valence-electron chi connectivity index (χ3n) is 4.69. The topological polar surface area (TPSA) is 67.4 Å². The molecule has 1 aliphatic rings. The van der Waals surface area contributed by atoms with Crippen molar-refractivity contribution in [3.63, 3.8) is 0 Å². The average Bonchev–Trinajstić information content (AvgIpc) is 3.09. The van der Waals surface area contributed by atoms with E-state index in [1.54, 1.807) is 12.1 Å². The Morgan fingerprint density at radius 2 is 1.85 bits per heavy atom. The molecule has 0 bridgehead atoms. The van der Waals surface area contributed by atoms with Crippen molar-refractivity contribution in [3.05, 3.63) is 64.7 Å². The van der Waals surface area contributed by atoms with E-state index in [1.165, 1.54) is 5.56 Å². The highest BCUT2D eigenvalue weighted by Crippen LogP contribution is 2.19. The first-order valence-electron chi connectivity index (χ1n) is 8.93. The quantitative estimate of drug-likeness (QED) is 0.721. The average molecular weight is 406 g/mol. The van der Waals surface area contributed by atoms with Crippen LogP contribution in [0.25, 0.3) is 0 Å². The third kappa shape index (κ3) is 6.14. The highest BCUT2D eigenvalue weighted by atomic mass is 35.5.